The largest absolute Gasteiger partial charge is 0.507 e. The third-order valence-electron chi connectivity index (χ3n) is 5.83. The number of halogens is 2. The summed E-state index contributed by atoms with van der Waals surface area (Å²) in [6.45, 7) is 3.95. The fraction of sp³-hybridized carbons (Fsp3) is 0.333. The second-order valence-electron chi connectivity index (χ2n) is 7.83. The van der Waals surface area contributed by atoms with Gasteiger partial charge in [-0.15, -0.1) is 0 Å². The van der Waals surface area contributed by atoms with E-state index in [9.17, 15) is 19.1 Å². The Morgan fingerprint density at radius 3 is 2.44 bits per heavy atom. The minimum Gasteiger partial charge on any atom is -0.507 e. The van der Waals surface area contributed by atoms with Gasteiger partial charge in [0.15, 0.2) is 0 Å². The molecule has 2 aliphatic heterocycles. The predicted molar refractivity (Wildman–Crippen MR) is 119 cm³/mol. The van der Waals surface area contributed by atoms with Crippen molar-refractivity contribution in [3.05, 3.63) is 76.1 Å². The van der Waals surface area contributed by atoms with Crippen LogP contribution in [0, 0.1) is 5.82 Å². The van der Waals surface area contributed by atoms with Crippen molar-refractivity contribution in [2.24, 2.45) is 0 Å². The molecule has 2 fully saturated rings. The zero-order chi connectivity index (χ0) is 22.7. The molecule has 0 aromatic heterocycles. The molecule has 0 bridgehead atoms. The number of carbonyl (C=O) groups excluding carboxylic acids is 2. The van der Waals surface area contributed by atoms with Crippen molar-refractivity contribution in [2.75, 3.05) is 39.4 Å². The average Bonchev–Trinajstić information content (AvgIpc) is 3.05. The average molecular weight is 459 g/mol. The lowest BCUT2D eigenvalue weighted by molar-refractivity contribution is -0.140. The second kappa shape index (κ2) is 9.81. The number of benzene rings is 2. The number of ketones is 1. The molecule has 0 saturated carbocycles. The first-order chi connectivity index (χ1) is 15.5. The van der Waals surface area contributed by atoms with Crippen LogP contribution in [0.2, 0.25) is 5.02 Å². The SMILES string of the molecule is O=C1C(=O)N(CCCN2CCOCC2)[C@@H](c2ccccc2F)C1=C(O)c1ccc(Cl)cc1. The van der Waals surface area contributed by atoms with Crippen LogP contribution in [0.3, 0.4) is 0 Å². The van der Waals surface area contributed by atoms with Crippen LogP contribution in [-0.2, 0) is 14.3 Å². The van der Waals surface area contributed by atoms with Gasteiger partial charge in [0.05, 0.1) is 24.8 Å². The molecular formula is C24H24ClFN2O4. The van der Waals surface area contributed by atoms with Crippen molar-refractivity contribution in [1.29, 1.82) is 0 Å². The highest BCUT2D eigenvalue weighted by Gasteiger charge is 2.46. The van der Waals surface area contributed by atoms with E-state index < -0.39 is 23.5 Å². The standard InChI is InChI=1S/C24H24ClFN2O4/c25-17-8-6-16(7-9-17)22(29)20-21(18-4-1-2-5-19(18)26)28(24(31)23(20)30)11-3-10-27-12-14-32-15-13-27/h1-2,4-9,21,29H,3,10-15H2/t21-/m0/s1. The van der Waals surface area contributed by atoms with Crippen molar-refractivity contribution >= 4 is 29.1 Å². The van der Waals surface area contributed by atoms with Crippen molar-refractivity contribution in [1.82, 2.24) is 9.80 Å². The van der Waals surface area contributed by atoms with Crippen LogP contribution in [0.25, 0.3) is 5.76 Å². The van der Waals surface area contributed by atoms with Crippen LogP contribution in [-0.4, -0.2) is 66.0 Å². The Hall–Kier alpha value is -2.74. The number of morpholine rings is 1. The van der Waals surface area contributed by atoms with Gasteiger partial charge in [-0.25, -0.2) is 4.39 Å². The van der Waals surface area contributed by atoms with Gasteiger partial charge in [-0.05, 0) is 36.8 Å². The van der Waals surface area contributed by atoms with Crippen LogP contribution in [0.5, 0.6) is 0 Å². The Morgan fingerprint density at radius 2 is 1.75 bits per heavy atom. The van der Waals surface area contributed by atoms with Gasteiger partial charge in [-0.2, -0.15) is 0 Å². The van der Waals surface area contributed by atoms with Crippen molar-refractivity contribution < 1.29 is 23.8 Å². The number of Topliss-reactive ketones (excluding diaryl/α,β-unsaturated/α-hetero) is 1. The molecule has 32 heavy (non-hydrogen) atoms. The Morgan fingerprint density at radius 1 is 1.06 bits per heavy atom. The summed E-state index contributed by atoms with van der Waals surface area (Å²) in [4.78, 5) is 29.5. The third-order valence-corrected chi connectivity index (χ3v) is 6.09. The molecule has 0 aliphatic carbocycles. The summed E-state index contributed by atoms with van der Waals surface area (Å²) in [6, 6.07) is 11.3. The number of likely N-dealkylation sites (tertiary alicyclic amines) is 1. The monoisotopic (exact) mass is 458 g/mol. The predicted octanol–water partition coefficient (Wildman–Crippen LogP) is 3.62. The lowest BCUT2D eigenvalue weighted by Gasteiger charge is -2.29. The lowest BCUT2D eigenvalue weighted by atomic mass is 9.95. The van der Waals surface area contributed by atoms with Crippen LogP contribution in [0.4, 0.5) is 4.39 Å². The van der Waals surface area contributed by atoms with E-state index in [0.29, 0.717) is 30.2 Å². The molecule has 0 spiro atoms. The summed E-state index contributed by atoms with van der Waals surface area (Å²) in [5.74, 6) is -2.45. The van der Waals surface area contributed by atoms with E-state index in [2.05, 4.69) is 4.90 Å². The Kier molecular flexibility index (Phi) is 6.89. The van der Waals surface area contributed by atoms with Gasteiger partial charge in [0.25, 0.3) is 11.7 Å². The number of amides is 1. The van der Waals surface area contributed by atoms with E-state index in [1.165, 1.54) is 17.0 Å². The maximum Gasteiger partial charge on any atom is 0.295 e. The van der Waals surface area contributed by atoms with Gasteiger partial charge < -0.3 is 14.7 Å². The van der Waals surface area contributed by atoms with Gasteiger partial charge in [-0.1, -0.05) is 29.8 Å². The molecule has 0 radical (unpaired) electrons. The molecule has 2 aromatic carbocycles. The van der Waals surface area contributed by atoms with Crippen molar-refractivity contribution in [3.8, 4) is 0 Å². The topological polar surface area (TPSA) is 70.1 Å². The molecule has 2 heterocycles. The maximum absolute atomic E-state index is 14.8. The summed E-state index contributed by atoms with van der Waals surface area (Å²) >= 11 is 5.93. The van der Waals surface area contributed by atoms with Gasteiger partial charge >= 0.3 is 0 Å². The normalized spacial score (nSPS) is 21.3. The van der Waals surface area contributed by atoms with Crippen LogP contribution >= 0.6 is 11.6 Å². The zero-order valence-electron chi connectivity index (χ0n) is 17.5. The number of hydrogen-bond donors (Lipinski definition) is 1. The summed E-state index contributed by atoms with van der Waals surface area (Å²) in [5, 5.41) is 11.4. The highest BCUT2D eigenvalue weighted by molar-refractivity contribution is 6.46. The van der Waals surface area contributed by atoms with Crippen LogP contribution in [0.15, 0.2) is 54.1 Å². The number of carbonyl (C=O) groups is 2. The summed E-state index contributed by atoms with van der Waals surface area (Å²) in [6.07, 6.45) is 0.610. The minimum atomic E-state index is -1.00. The van der Waals surface area contributed by atoms with Crippen LogP contribution < -0.4 is 0 Å². The summed E-state index contributed by atoms with van der Waals surface area (Å²) in [5.41, 5.74) is 0.393. The van der Waals surface area contributed by atoms with E-state index in [0.717, 1.165) is 19.6 Å². The number of aliphatic hydroxyl groups is 1. The molecule has 4 rings (SSSR count). The smallest absolute Gasteiger partial charge is 0.295 e. The zero-order valence-corrected chi connectivity index (χ0v) is 18.2. The van der Waals surface area contributed by atoms with E-state index in [4.69, 9.17) is 16.3 Å². The molecule has 2 aromatic rings. The fourth-order valence-electron chi connectivity index (χ4n) is 4.18. The highest BCUT2D eigenvalue weighted by Crippen LogP contribution is 2.40. The quantitative estimate of drug-likeness (QED) is 0.407. The minimum absolute atomic E-state index is 0.117. The molecule has 1 amide bonds. The molecule has 2 aliphatic rings. The van der Waals surface area contributed by atoms with Gasteiger partial charge in [-0.3, -0.25) is 14.5 Å². The number of aliphatic hydroxyl groups excluding tert-OH is 1. The third kappa shape index (κ3) is 4.55. The molecule has 1 atom stereocenters. The molecule has 6 nitrogen and oxygen atoms in total. The first kappa shape index (κ1) is 22.5. The molecule has 1 N–H and O–H groups in total. The summed E-state index contributed by atoms with van der Waals surface area (Å²) in [7, 11) is 0. The van der Waals surface area contributed by atoms with Gasteiger partial charge in [0.1, 0.15) is 11.6 Å². The van der Waals surface area contributed by atoms with Crippen molar-refractivity contribution in [2.45, 2.75) is 12.5 Å². The van der Waals surface area contributed by atoms with E-state index >= 15 is 0 Å². The highest BCUT2D eigenvalue weighted by atomic mass is 35.5. The van der Waals surface area contributed by atoms with E-state index in [-0.39, 0.29) is 23.4 Å². The lowest BCUT2D eigenvalue weighted by Crippen LogP contribution is -2.39. The van der Waals surface area contributed by atoms with E-state index in [1.807, 2.05) is 0 Å². The molecule has 8 heteroatoms. The van der Waals surface area contributed by atoms with Gasteiger partial charge in [0.2, 0.25) is 0 Å². The number of hydrogen-bond acceptors (Lipinski definition) is 5. The van der Waals surface area contributed by atoms with Crippen LogP contribution in [0.1, 0.15) is 23.6 Å². The van der Waals surface area contributed by atoms with Crippen molar-refractivity contribution in [3.63, 3.8) is 0 Å². The Bertz CT molecular complexity index is 1030. The number of ether oxygens (including phenoxy) is 1. The number of nitrogens with zero attached hydrogens (tertiary/aromatic N) is 2. The first-order valence-corrected chi connectivity index (χ1v) is 10.9. The summed E-state index contributed by atoms with van der Waals surface area (Å²) < 4.78 is 20.1. The maximum atomic E-state index is 14.8. The number of rotatable bonds is 6. The Balaban J connectivity index is 1.68. The first-order valence-electron chi connectivity index (χ1n) is 10.6. The fourth-order valence-corrected chi connectivity index (χ4v) is 4.31. The van der Waals surface area contributed by atoms with E-state index in [1.54, 1.807) is 36.4 Å². The molecule has 168 valence electrons. The Labute approximate surface area is 190 Å². The molecule has 0 unspecified atom stereocenters. The molecule has 2 saturated heterocycles. The van der Waals surface area contributed by atoms with Gasteiger partial charge in [0, 0.05) is 42.3 Å². The molecular weight excluding hydrogens is 435 g/mol. The second-order valence-corrected chi connectivity index (χ2v) is 8.26.